The summed E-state index contributed by atoms with van der Waals surface area (Å²) in [6.45, 7) is 4.96. The molecule has 4 nitrogen and oxygen atoms in total. The quantitative estimate of drug-likeness (QED) is 0.731. The first-order valence-electron chi connectivity index (χ1n) is 4.67. The number of hydrogen-bond acceptors (Lipinski definition) is 3. The molecule has 1 aliphatic heterocycles. The van der Waals surface area contributed by atoms with E-state index in [0.29, 0.717) is 5.56 Å². The lowest BCUT2D eigenvalue weighted by Crippen LogP contribution is -2.17. The minimum atomic E-state index is 0.611. The van der Waals surface area contributed by atoms with Crippen molar-refractivity contribution in [3.05, 3.63) is 23.0 Å². The van der Waals surface area contributed by atoms with Gasteiger partial charge in [0.05, 0.1) is 12.7 Å². The Kier molecular flexibility index (Phi) is 2.01. The maximum Gasteiger partial charge on any atom is 0.146 e. The highest BCUT2D eigenvalue weighted by molar-refractivity contribution is 5.57. The second-order valence-corrected chi connectivity index (χ2v) is 3.38. The van der Waals surface area contributed by atoms with E-state index in [2.05, 4.69) is 23.4 Å². The van der Waals surface area contributed by atoms with Gasteiger partial charge in [-0.25, -0.2) is 4.68 Å². The summed E-state index contributed by atoms with van der Waals surface area (Å²) in [5.41, 5.74) is 3.10. The van der Waals surface area contributed by atoms with Crippen molar-refractivity contribution in [1.82, 2.24) is 9.78 Å². The first kappa shape index (κ1) is 8.82. The number of nitriles is 1. The summed E-state index contributed by atoms with van der Waals surface area (Å²) in [6.07, 6.45) is 2.62. The van der Waals surface area contributed by atoms with Gasteiger partial charge in [-0.1, -0.05) is 6.92 Å². The lowest BCUT2D eigenvalue weighted by molar-refractivity contribution is 0.648. The Labute approximate surface area is 82.8 Å². The Hall–Kier alpha value is -1.76. The summed E-state index contributed by atoms with van der Waals surface area (Å²) in [6, 6.07) is 2.12. The Morgan fingerprint density at radius 1 is 1.71 bits per heavy atom. The molecule has 0 aromatic carbocycles. The maximum atomic E-state index is 8.83. The van der Waals surface area contributed by atoms with Crippen molar-refractivity contribution in [3.63, 3.8) is 0 Å². The normalized spacial score (nSPS) is 14.6. The highest BCUT2D eigenvalue weighted by Gasteiger charge is 2.17. The second-order valence-electron chi connectivity index (χ2n) is 3.38. The molecule has 4 heteroatoms. The first-order valence-corrected chi connectivity index (χ1v) is 4.67. The van der Waals surface area contributed by atoms with E-state index in [1.165, 1.54) is 5.57 Å². The van der Waals surface area contributed by atoms with Gasteiger partial charge in [-0.05, 0) is 18.9 Å². The molecule has 1 aromatic heterocycles. The molecule has 0 spiro atoms. The highest BCUT2D eigenvalue weighted by atomic mass is 15.3. The lowest BCUT2D eigenvalue weighted by atomic mass is 10.1. The molecule has 0 saturated carbocycles. The molecule has 14 heavy (non-hydrogen) atoms. The number of rotatable bonds is 1. The second kappa shape index (κ2) is 3.18. The molecule has 0 aliphatic carbocycles. The van der Waals surface area contributed by atoms with Gasteiger partial charge >= 0.3 is 0 Å². The largest absolute Gasteiger partial charge is 0.343 e. The zero-order valence-corrected chi connectivity index (χ0v) is 8.33. The SMILES string of the molecule is CCC1=C(C)Nc2c(C#N)cnn2C1. The van der Waals surface area contributed by atoms with Crippen LogP contribution in [-0.4, -0.2) is 9.78 Å². The lowest BCUT2D eigenvalue weighted by Gasteiger charge is -2.20. The number of anilines is 1. The Morgan fingerprint density at radius 3 is 3.14 bits per heavy atom. The van der Waals surface area contributed by atoms with Crippen molar-refractivity contribution in [1.29, 1.82) is 5.26 Å². The van der Waals surface area contributed by atoms with Crippen LogP contribution >= 0.6 is 0 Å². The molecule has 0 radical (unpaired) electrons. The summed E-state index contributed by atoms with van der Waals surface area (Å²) in [5, 5.41) is 16.2. The van der Waals surface area contributed by atoms with E-state index in [9.17, 15) is 0 Å². The van der Waals surface area contributed by atoms with Gasteiger partial charge in [0.1, 0.15) is 17.5 Å². The smallest absolute Gasteiger partial charge is 0.146 e. The minimum Gasteiger partial charge on any atom is -0.343 e. The van der Waals surface area contributed by atoms with Crippen LogP contribution in [0.3, 0.4) is 0 Å². The van der Waals surface area contributed by atoms with Gasteiger partial charge in [0.25, 0.3) is 0 Å². The van der Waals surface area contributed by atoms with E-state index in [4.69, 9.17) is 5.26 Å². The zero-order chi connectivity index (χ0) is 10.1. The van der Waals surface area contributed by atoms with Crippen molar-refractivity contribution in [3.8, 4) is 6.07 Å². The van der Waals surface area contributed by atoms with E-state index in [1.54, 1.807) is 6.20 Å². The summed E-state index contributed by atoms with van der Waals surface area (Å²) >= 11 is 0. The van der Waals surface area contributed by atoms with Gasteiger partial charge in [0.15, 0.2) is 0 Å². The van der Waals surface area contributed by atoms with Gasteiger partial charge < -0.3 is 5.32 Å². The summed E-state index contributed by atoms with van der Waals surface area (Å²) in [7, 11) is 0. The van der Waals surface area contributed by atoms with Gasteiger partial charge in [0.2, 0.25) is 0 Å². The molecule has 0 amide bonds. The topological polar surface area (TPSA) is 53.6 Å². The molecule has 0 atom stereocenters. The van der Waals surface area contributed by atoms with Crippen molar-refractivity contribution in [2.45, 2.75) is 26.8 Å². The van der Waals surface area contributed by atoms with Crippen LogP contribution in [0.25, 0.3) is 0 Å². The zero-order valence-electron chi connectivity index (χ0n) is 8.33. The summed E-state index contributed by atoms with van der Waals surface area (Å²) in [4.78, 5) is 0. The van der Waals surface area contributed by atoms with Crippen molar-refractivity contribution >= 4 is 5.82 Å². The number of allylic oxidation sites excluding steroid dienone is 2. The number of aromatic nitrogens is 2. The summed E-state index contributed by atoms with van der Waals surface area (Å²) in [5.74, 6) is 0.821. The first-order chi connectivity index (χ1) is 6.76. The number of nitrogens with one attached hydrogen (secondary N) is 1. The van der Waals surface area contributed by atoms with E-state index in [-0.39, 0.29) is 0 Å². The van der Waals surface area contributed by atoms with Crippen LogP contribution in [0.4, 0.5) is 5.82 Å². The molecular formula is C10H12N4. The maximum absolute atomic E-state index is 8.83. The summed E-state index contributed by atoms with van der Waals surface area (Å²) < 4.78 is 1.84. The fourth-order valence-corrected chi connectivity index (χ4v) is 1.66. The predicted molar refractivity (Wildman–Crippen MR) is 53.6 cm³/mol. The van der Waals surface area contributed by atoms with E-state index in [1.807, 2.05) is 11.6 Å². The van der Waals surface area contributed by atoms with Crippen LogP contribution in [0.2, 0.25) is 0 Å². The van der Waals surface area contributed by atoms with Crippen LogP contribution in [0.1, 0.15) is 25.8 Å². The average molecular weight is 188 g/mol. The Bertz CT molecular complexity index is 433. The molecule has 72 valence electrons. The van der Waals surface area contributed by atoms with Crippen LogP contribution in [-0.2, 0) is 6.54 Å². The average Bonchev–Trinajstić information content (AvgIpc) is 2.58. The molecule has 2 rings (SSSR count). The van der Waals surface area contributed by atoms with Crippen molar-refractivity contribution in [2.24, 2.45) is 0 Å². The third kappa shape index (κ3) is 1.18. The molecule has 0 fully saturated rings. The highest BCUT2D eigenvalue weighted by Crippen LogP contribution is 2.25. The van der Waals surface area contributed by atoms with Crippen molar-refractivity contribution < 1.29 is 0 Å². The van der Waals surface area contributed by atoms with E-state index in [0.717, 1.165) is 24.5 Å². The fraction of sp³-hybridized carbons (Fsp3) is 0.400. The minimum absolute atomic E-state index is 0.611. The van der Waals surface area contributed by atoms with E-state index < -0.39 is 0 Å². The predicted octanol–water partition coefficient (Wildman–Crippen LogP) is 1.86. The van der Waals surface area contributed by atoms with E-state index >= 15 is 0 Å². The van der Waals surface area contributed by atoms with Crippen LogP contribution in [0.15, 0.2) is 17.5 Å². The van der Waals surface area contributed by atoms with Gasteiger partial charge in [-0.3, -0.25) is 0 Å². The molecule has 0 unspecified atom stereocenters. The molecule has 0 bridgehead atoms. The molecular weight excluding hydrogens is 176 g/mol. The molecule has 1 aromatic rings. The number of nitrogens with zero attached hydrogens (tertiary/aromatic N) is 3. The Balaban J connectivity index is 2.41. The van der Waals surface area contributed by atoms with Crippen molar-refractivity contribution in [2.75, 3.05) is 5.32 Å². The third-order valence-corrected chi connectivity index (χ3v) is 2.56. The molecule has 0 saturated heterocycles. The molecule has 2 heterocycles. The van der Waals surface area contributed by atoms with Gasteiger partial charge in [-0.2, -0.15) is 10.4 Å². The van der Waals surface area contributed by atoms with Crippen LogP contribution < -0.4 is 5.32 Å². The Morgan fingerprint density at radius 2 is 2.50 bits per heavy atom. The molecule has 1 aliphatic rings. The standard InChI is InChI=1S/C10H12N4/c1-3-8-6-14-10(13-7(8)2)9(4-11)5-12-14/h5,13H,3,6H2,1-2H3. The van der Waals surface area contributed by atoms with Crippen LogP contribution in [0, 0.1) is 11.3 Å². The van der Waals surface area contributed by atoms with Gasteiger partial charge in [-0.15, -0.1) is 0 Å². The van der Waals surface area contributed by atoms with Gasteiger partial charge in [0, 0.05) is 5.70 Å². The van der Waals surface area contributed by atoms with Crippen LogP contribution in [0.5, 0.6) is 0 Å². The number of hydrogen-bond donors (Lipinski definition) is 1. The monoisotopic (exact) mass is 188 g/mol. The molecule has 1 N–H and O–H groups in total. The third-order valence-electron chi connectivity index (χ3n) is 2.56. The fourth-order valence-electron chi connectivity index (χ4n) is 1.66. The number of fused-ring (bicyclic) bond motifs is 1.